The Hall–Kier alpha value is -1.19. The van der Waals surface area contributed by atoms with Crippen molar-refractivity contribution in [3.8, 4) is 5.75 Å². The van der Waals surface area contributed by atoms with Gasteiger partial charge in [-0.05, 0) is 17.6 Å². The van der Waals surface area contributed by atoms with Crippen molar-refractivity contribution in [2.75, 3.05) is 46.8 Å². The van der Waals surface area contributed by atoms with Gasteiger partial charge in [0, 0.05) is 7.11 Å². The molecule has 2 N–H and O–H groups in total. The van der Waals surface area contributed by atoms with E-state index in [1.54, 1.807) is 7.11 Å². The van der Waals surface area contributed by atoms with Crippen LogP contribution in [-0.4, -0.2) is 63.9 Å². The van der Waals surface area contributed by atoms with Gasteiger partial charge in [-0.15, -0.1) is 0 Å². The second kappa shape index (κ2) is 10.5. The van der Waals surface area contributed by atoms with Gasteiger partial charge < -0.3 is 29.0 Å². The SMILES string of the molecule is COCCOCCOCCOc1cc(B(O)O)ccc1F. The summed E-state index contributed by atoms with van der Waals surface area (Å²) >= 11 is 0. The third-order valence-electron chi connectivity index (χ3n) is 2.54. The first-order valence-corrected chi connectivity index (χ1v) is 6.58. The van der Waals surface area contributed by atoms with Gasteiger partial charge in [-0.2, -0.15) is 0 Å². The predicted molar refractivity (Wildman–Crippen MR) is 75.2 cm³/mol. The van der Waals surface area contributed by atoms with Crippen molar-refractivity contribution >= 4 is 12.6 Å². The largest absolute Gasteiger partial charge is 0.488 e. The van der Waals surface area contributed by atoms with Crippen LogP contribution in [0.3, 0.4) is 0 Å². The van der Waals surface area contributed by atoms with E-state index in [-0.39, 0.29) is 24.4 Å². The highest BCUT2D eigenvalue weighted by Crippen LogP contribution is 2.14. The number of methoxy groups -OCH3 is 1. The Kier molecular flexibility index (Phi) is 8.96. The average molecular weight is 302 g/mol. The molecule has 0 saturated heterocycles. The lowest BCUT2D eigenvalue weighted by molar-refractivity contribution is 0.0177. The number of hydrogen-bond donors (Lipinski definition) is 2. The molecule has 6 nitrogen and oxygen atoms in total. The average Bonchev–Trinajstić information content (AvgIpc) is 2.47. The van der Waals surface area contributed by atoms with E-state index in [2.05, 4.69) is 0 Å². The van der Waals surface area contributed by atoms with Crippen LogP contribution in [0.2, 0.25) is 0 Å². The fourth-order valence-electron chi connectivity index (χ4n) is 1.47. The summed E-state index contributed by atoms with van der Waals surface area (Å²) in [4.78, 5) is 0. The highest BCUT2D eigenvalue weighted by molar-refractivity contribution is 6.58. The number of hydrogen-bond acceptors (Lipinski definition) is 6. The van der Waals surface area contributed by atoms with Crippen LogP contribution in [0, 0.1) is 5.82 Å². The van der Waals surface area contributed by atoms with E-state index in [9.17, 15) is 4.39 Å². The van der Waals surface area contributed by atoms with Crippen molar-refractivity contribution in [2.24, 2.45) is 0 Å². The molecule has 0 amide bonds. The molecule has 1 aromatic carbocycles. The topological polar surface area (TPSA) is 77.4 Å². The smallest absolute Gasteiger partial charge is 0.488 e. The van der Waals surface area contributed by atoms with E-state index in [1.807, 2.05) is 0 Å². The molecule has 0 fully saturated rings. The Morgan fingerprint density at radius 1 is 1.00 bits per heavy atom. The van der Waals surface area contributed by atoms with Crippen LogP contribution in [0.1, 0.15) is 0 Å². The van der Waals surface area contributed by atoms with E-state index in [1.165, 1.54) is 12.1 Å². The highest BCUT2D eigenvalue weighted by Gasteiger charge is 2.14. The monoisotopic (exact) mass is 302 g/mol. The Balaban J connectivity index is 2.16. The summed E-state index contributed by atoms with van der Waals surface area (Å²) in [6.07, 6.45) is 0. The predicted octanol–water partition coefficient (Wildman–Crippen LogP) is -0.436. The number of benzene rings is 1. The molecule has 0 aliphatic heterocycles. The summed E-state index contributed by atoms with van der Waals surface area (Å²) in [5.74, 6) is -0.608. The Morgan fingerprint density at radius 3 is 2.24 bits per heavy atom. The lowest BCUT2D eigenvalue weighted by Crippen LogP contribution is -2.30. The van der Waals surface area contributed by atoms with E-state index in [0.717, 1.165) is 6.07 Å². The zero-order chi connectivity index (χ0) is 15.5. The molecule has 0 radical (unpaired) electrons. The van der Waals surface area contributed by atoms with Gasteiger partial charge >= 0.3 is 7.12 Å². The molecular weight excluding hydrogens is 282 g/mol. The molecule has 0 spiro atoms. The minimum absolute atomic E-state index is 0.0412. The van der Waals surface area contributed by atoms with Crippen molar-refractivity contribution in [2.45, 2.75) is 0 Å². The minimum atomic E-state index is -1.66. The van der Waals surface area contributed by atoms with Crippen LogP contribution in [-0.2, 0) is 14.2 Å². The third kappa shape index (κ3) is 7.40. The van der Waals surface area contributed by atoms with Gasteiger partial charge in [0.05, 0.1) is 33.0 Å². The molecule has 0 aromatic heterocycles. The summed E-state index contributed by atoms with van der Waals surface area (Å²) < 4.78 is 33.9. The molecule has 0 heterocycles. The Labute approximate surface area is 123 Å². The zero-order valence-electron chi connectivity index (χ0n) is 12.0. The lowest BCUT2D eigenvalue weighted by atomic mass is 9.80. The molecule has 0 bridgehead atoms. The molecule has 1 rings (SSSR count). The lowest BCUT2D eigenvalue weighted by Gasteiger charge is -2.09. The van der Waals surface area contributed by atoms with E-state index in [0.29, 0.717) is 26.4 Å². The standard InChI is InChI=1S/C13H20BFO6/c1-18-4-5-19-6-7-20-8-9-21-13-10-11(14(16)17)2-3-12(13)15/h2-3,10,16-17H,4-9H2,1H3. The first-order valence-electron chi connectivity index (χ1n) is 6.58. The third-order valence-corrected chi connectivity index (χ3v) is 2.54. The number of rotatable bonds is 11. The van der Waals surface area contributed by atoms with Gasteiger partial charge in [-0.1, -0.05) is 6.07 Å². The molecule has 8 heteroatoms. The van der Waals surface area contributed by atoms with Crippen LogP contribution in [0.5, 0.6) is 5.75 Å². The van der Waals surface area contributed by atoms with E-state index >= 15 is 0 Å². The molecule has 1 aromatic rings. The Bertz CT molecular complexity index is 404. The minimum Gasteiger partial charge on any atom is -0.488 e. The van der Waals surface area contributed by atoms with Gasteiger partial charge in [0.25, 0.3) is 0 Å². The summed E-state index contributed by atoms with van der Waals surface area (Å²) in [7, 11) is -0.0605. The maximum absolute atomic E-state index is 13.4. The van der Waals surface area contributed by atoms with E-state index < -0.39 is 12.9 Å². The molecule has 0 aliphatic carbocycles. The zero-order valence-corrected chi connectivity index (χ0v) is 12.0. The molecule has 0 saturated carbocycles. The van der Waals surface area contributed by atoms with Gasteiger partial charge in [0.15, 0.2) is 11.6 Å². The maximum atomic E-state index is 13.4. The van der Waals surface area contributed by atoms with Crippen molar-refractivity contribution < 1.29 is 33.4 Å². The van der Waals surface area contributed by atoms with Crippen molar-refractivity contribution in [3.63, 3.8) is 0 Å². The summed E-state index contributed by atoms with van der Waals surface area (Å²) in [6, 6.07) is 3.64. The van der Waals surface area contributed by atoms with Crippen LogP contribution >= 0.6 is 0 Å². The van der Waals surface area contributed by atoms with Crippen molar-refractivity contribution in [1.29, 1.82) is 0 Å². The summed E-state index contributed by atoms with van der Waals surface area (Å²) in [5.41, 5.74) is 0.166. The number of halogens is 1. The molecule has 118 valence electrons. The van der Waals surface area contributed by atoms with Gasteiger partial charge in [-0.25, -0.2) is 4.39 Å². The van der Waals surface area contributed by atoms with Crippen molar-refractivity contribution in [3.05, 3.63) is 24.0 Å². The quantitative estimate of drug-likeness (QED) is 0.426. The highest BCUT2D eigenvalue weighted by atomic mass is 19.1. The second-order valence-corrected chi connectivity index (χ2v) is 4.13. The summed E-state index contributed by atoms with van der Waals surface area (Å²) in [6.45, 7) is 2.33. The Morgan fingerprint density at radius 2 is 1.62 bits per heavy atom. The van der Waals surface area contributed by atoms with Crippen LogP contribution < -0.4 is 10.2 Å². The fraction of sp³-hybridized carbons (Fsp3) is 0.538. The van der Waals surface area contributed by atoms with Crippen LogP contribution in [0.25, 0.3) is 0 Å². The van der Waals surface area contributed by atoms with Crippen molar-refractivity contribution in [1.82, 2.24) is 0 Å². The fourth-order valence-corrected chi connectivity index (χ4v) is 1.47. The first kappa shape index (κ1) is 17.9. The molecule has 0 unspecified atom stereocenters. The first-order chi connectivity index (χ1) is 10.1. The molecular formula is C13H20BFO6. The second-order valence-electron chi connectivity index (χ2n) is 4.13. The number of ether oxygens (including phenoxy) is 4. The van der Waals surface area contributed by atoms with Gasteiger partial charge in [0.1, 0.15) is 6.61 Å². The van der Waals surface area contributed by atoms with Gasteiger partial charge in [0.2, 0.25) is 0 Å². The maximum Gasteiger partial charge on any atom is 0.488 e. The molecule has 21 heavy (non-hydrogen) atoms. The molecule has 0 aliphatic rings. The normalized spacial score (nSPS) is 10.7. The molecule has 0 atom stereocenters. The van der Waals surface area contributed by atoms with Crippen LogP contribution in [0.4, 0.5) is 4.39 Å². The summed E-state index contributed by atoms with van der Waals surface area (Å²) in [5, 5.41) is 18.0. The van der Waals surface area contributed by atoms with Gasteiger partial charge in [-0.3, -0.25) is 0 Å². The van der Waals surface area contributed by atoms with E-state index in [4.69, 9.17) is 29.0 Å². The van der Waals surface area contributed by atoms with Crippen LogP contribution in [0.15, 0.2) is 18.2 Å².